The molecule has 0 aromatic heterocycles. The molecule has 5 aromatic rings. The average molecular weight is 803 g/mol. The SMILES string of the molecule is CC(C)(C)c1cc(P(c2cc(C(C)(C)C)cc(C(C)(C)C)c2)c2cccc3c2[C@]2(CCc4cccc(NCC5=N[C@H](c6ccccc6)CO5)c42)CC3)cc(C(C)(C)C)c1. The first-order valence-corrected chi connectivity index (χ1v) is 23.4. The number of benzene rings is 5. The van der Waals surface area contributed by atoms with Crippen LogP contribution in [0.4, 0.5) is 5.69 Å². The van der Waals surface area contributed by atoms with Gasteiger partial charge in [0, 0.05) is 11.1 Å². The van der Waals surface area contributed by atoms with Gasteiger partial charge in [-0.25, -0.2) is 4.99 Å². The lowest BCUT2D eigenvalue weighted by molar-refractivity contribution is 0.315. The summed E-state index contributed by atoms with van der Waals surface area (Å²) < 4.78 is 6.21. The van der Waals surface area contributed by atoms with E-state index in [2.05, 4.69) is 192 Å². The summed E-state index contributed by atoms with van der Waals surface area (Å²) in [7, 11) is -0.945. The summed E-state index contributed by atoms with van der Waals surface area (Å²) in [5.41, 5.74) is 14.2. The van der Waals surface area contributed by atoms with Crippen molar-refractivity contribution in [1.29, 1.82) is 0 Å². The lowest BCUT2D eigenvalue weighted by Gasteiger charge is -2.35. The van der Waals surface area contributed by atoms with Crippen molar-refractivity contribution >= 4 is 35.4 Å². The first kappa shape index (κ1) is 41.5. The van der Waals surface area contributed by atoms with E-state index in [1.54, 1.807) is 5.56 Å². The zero-order chi connectivity index (χ0) is 42.1. The molecule has 0 amide bonds. The first-order valence-electron chi connectivity index (χ1n) is 22.1. The molecule has 2 atom stereocenters. The fourth-order valence-electron chi connectivity index (χ4n) is 9.68. The van der Waals surface area contributed by atoms with E-state index in [0.717, 1.165) is 31.6 Å². The number of aryl methyl sites for hydroxylation is 2. The molecule has 0 fully saturated rings. The summed E-state index contributed by atoms with van der Waals surface area (Å²) >= 11 is 0. The molecule has 0 saturated carbocycles. The summed E-state index contributed by atoms with van der Waals surface area (Å²) in [5, 5.41) is 8.36. The van der Waals surface area contributed by atoms with Gasteiger partial charge in [0.25, 0.3) is 0 Å². The van der Waals surface area contributed by atoms with Crippen molar-refractivity contribution in [2.75, 3.05) is 18.5 Å². The van der Waals surface area contributed by atoms with Crippen LogP contribution in [0.2, 0.25) is 0 Å². The molecule has 4 heteroatoms. The Labute approximate surface area is 357 Å². The number of nitrogens with one attached hydrogen (secondary N) is 1. The highest BCUT2D eigenvalue weighted by atomic mass is 31.1. The number of anilines is 1. The molecular formula is C55H67N2OP. The summed E-state index contributed by atoms with van der Waals surface area (Å²) in [6.07, 6.45) is 4.45. The molecule has 5 aromatic carbocycles. The van der Waals surface area contributed by atoms with Gasteiger partial charge in [-0.05, 0) is 127 Å². The molecule has 0 radical (unpaired) electrons. The second-order valence-corrected chi connectivity index (χ2v) is 23.9. The highest BCUT2D eigenvalue weighted by Crippen LogP contribution is 2.56. The van der Waals surface area contributed by atoms with Gasteiger partial charge < -0.3 is 10.1 Å². The summed E-state index contributed by atoms with van der Waals surface area (Å²) in [4.78, 5) is 5.03. The third-order valence-corrected chi connectivity index (χ3v) is 15.7. The van der Waals surface area contributed by atoms with Gasteiger partial charge in [-0.1, -0.05) is 180 Å². The lowest BCUT2D eigenvalue weighted by atomic mass is 9.76. The van der Waals surface area contributed by atoms with Crippen molar-refractivity contribution in [3.05, 3.63) is 153 Å². The van der Waals surface area contributed by atoms with Crippen molar-refractivity contribution in [3.8, 4) is 0 Å². The Morgan fingerprint density at radius 1 is 0.593 bits per heavy atom. The summed E-state index contributed by atoms with van der Waals surface area (Å²) in [6, 6.07) is 40.2. The van der Waals surface area contributed by atoms with Crippen molar-refractivity contribution in [2.24, 2.45) is 4.99 Å². The fourth-order valence-corrected chi connectivity index (χ4v) is 12.4. The molecule has 3 aliphatic rings. The normalized spacial score (nSPS) is 19.2. The van der Waals surface area contributed by atoms with Crippen LogP contribution in [0.25, 0.3) is 0 Å². The molecule has 2 aliphatic carbocycles. The molecule has 1 aliphatic heterocycles. The maximum atomic E-state index is 6.21. The number of ether oxygens (including phenoxy) is 1. The maximum absolute atomic E-state index is 6.21. The van der Waals surface area contributed by atoms with Crippen LogP contribution in [0, 0.1) is 0 Å². The quantitative estimate of drug-likeness (QED) is 0.166. The maximum Gasteiger partial charge on any atom is 0.204 e. The number of nitrogens with zero attached hydrogens (tertiary/aromatic N) is 1. The Hall–Kier alpha value is -4.20. The van der Waals surface area contributed by atoms with E-state index >= 15 is 0 Å². The summed E-state index contributed by atoms with van der Waals surface area (Å²) in [6.45, 7) is 29.7. The van der Waals surface area contributed by atoms with Crippen molar-refractivity contribution < 1.29 is 4.74 Å². The zero-order valence-electron chi connectivity index (χ0n) is 37.9. The van der Waals surface area contributed by atoms with Crippen LogP contribution in [-0.2, 0) is 44.7 Å². The zero-order valence-corrected chi connectivity index (χ0v) is 38.8. The van der Waals surface area contributed by atoms with Crippen LogP contribution in [0.1, 0.15) is 152 Å². The van der Waals surface area contributed by atoms with Crippen LogP contribution >= 0.6 is 7.92 Å². The Kier molecular flexibility index (Phi) is 10.6. The number of aliphatic imine (C=N–C) groups is 1. The fraction of sp³-hybridized carbons (Fsp3) is 0.436. The van der Waals surface area contributed by atoms with Crippen LogP contribution in [0.3, 0.4) is 0 Å². The Balaban J connectivity index is 1.31. The van der Waals surface area contributed by atoms with Gasteiger partial charge in [-0.2, -0.15) is 0 Å². The van der Waals surface area contributed by atoms with Gasteiger partial charge in [0.2, 0.25) is 5.90 Å². The van der Waals surface area contributed by atoms with Gasteiger partial charge >= 0.3 is 0 Å². The molecule has 3 nitrogen and oxygen atoms in total. The first-order chi connectivity index (χ1) is 27.7. The van der Waals surface area contributed by atoms with Crippen LogP contribution < -0.4 is 21.2 Å². The summed E-state index contributed by atoms with van der Waals surface area (Å²) in [5.74, 6) is 0.793. The number of fused-ring (bicyclic) bond motifs is 4. The van der Waals surface area contributed by atoms with Gasteiger partial charge in [0.1, 0.15) is 12.6 Å². The minimum Gasteiger partial charge on any atom is -0.477 e. The van der Waals surface area contributed by atoms with Crippen LogP contribution in [0.15, 0.2) is 108 Å². The van der Waals surface area contributed by atoms with Gasteiger partial charge in [-0.3, -0.25) is 0 Å². The van der Waals surface area contributed by atoms with Gasteiger partial charge in [0.05, 0.1) is 6.54 Å². The van der Waals surface area contributed by atoms with Gasteiger partial charge in [0.15, 0.2) is 0 Å². The molecule has 308 valence electrons. The van der Waals surface area contributed by atoms with Crippen LogP contribution in [0.5, 0.6) is 0 Å². The lowest BCUT2D eigenvalue weighted by Crippen LogP contribution is -2.34. The molecule has 1 spiro atoms. The van der Waals surface area contributed by atoms with Crippen molar-refractivity contribution in [3.63, 3.8) is 0 Å². The predicted molar refractivity (Wildman–Crippen MR) is 255 cm³/mol. The molecule has 1 heterocycles. The Bertz CT molecular complexity index is 2250. The number of rotatable bonds is 7. The number of hydrogen-bond acceptors (Lipinski definition) is 3. The van der Waals surface area contributed by atoms with E-state index in [1.165, 1.54) is 66.1 Å². The van der Waals surface area contributed by atoms with Gasteiger partial charge in [-0.15, -0.1) is 0 Å². The van der Waals surface area contributed by atoms with Crippen molar-refractivity contribution in [1.82, 2.24) is 0 Å². The van der Waals surface area contributed by atoms with E-state index in [1.807, 2.05) is 0 Å². The predicted octanol–water partition coefficient (Wildman–Crippen LogP) is 12.4. The second-order valence-electron chi connectivity index (χ2n) is 21.7. The van der Waals surface area contributed by atoms with E-state index in [4.69, 9.17) is 9.73 Å². The van der Waals surface area contributed by atoms with E-state index in [0.29, 0.717) is 13.2 Å². The van der Waals surface area contributed by atoms with Crippen LogP contribution in [-0.4, -0.2) is 19.0 Å². The topological polar surface area (TPSA) is 33.6 Å². The van der Waals surface area contributed by atoms with E-state index in [9.17, 15) is 0 Å². The molecule has 0 saturated heterocycles. The molecule has 59 heavy (non-hydrogen) atoms. The second kappa shape index (κ2) is 15.1. The Morgan fingerprint density at radius 2 is 1.08 bits per heavy atom. The standard InChI is InChI=1S/C55H67N2OP/c1-51(2,3)39-28-40(52(4,5)6)31-43(30-39)59(44-32-41(53(7,8)9)29-42(33-44)54(10,11)12)47-23-17-21-38-25-27-55(50(38)47)26-24-37-20-16-22-45(49(37)55)56-34-48-57-46(35-58-48)36-18-14-13-15-19-36/h13-23,28-33,46,56H,24-27,34-35H2,1-12H3/t46-,55+/m0/s1. The highest BCUT2D eigenvalue weighted by molar-refractivity contribution is 7.80. The number of hydrogen-bond donors (Lipinski definition) is 1. The average Bonchev–Trinajstić information content (AvgIpc) is 3.91. The Morgan fingerprint density at radius 3 is 1.59 bits per heavy atom. The molecule has 0 unspecified atom stereocenters. The monoisotopic (exact) mass is 802 g/mol. The molecular weight excluding hydrogens is 736 g/mol. The minimum atomic E-state index is -0.945. The molecule has 1 N–H and O–H groups in total. The third-order valence-electron chi connectivity index (χ3n) is 13.3. The van der Waals surface area contributed by atoms with E-state index < -0.39 is 7.92 Å². The smallest absolute Gasteiger partial charge is 0.204 e. The molecule has 8 rings (SSSR count). The van der Waals surface area contributed by atoms with Crippen molar-refractivity contribution in [2.45, 2.75) is 142 Å². The molecule has 0 bridgehead atoms. The highest BCUT2D eigenvalue weighted by Gasteiger charge is 2.48. The largest absolute Gasteiger partial charge is 0.477 e. The van der Waals surface area contributed by atoms with E-state index in [-0.39, 0.29) is 33.1 Å². The third kappa shape index (κ3) is 8.06. The minimum absolute atomic E-state index is 0.0140.